The molecule has 0 atom stereocenters. The van der Waals surface area contributed by atoms with Crippen LogP contribution in [0.4, 0.5) is 0 Å². The van der Waals surface area contributed by atoms with Crippen LogP contribution in [-0.2, 0) is 9.84 Å². The van der Waals surface area contributed by atoms with Crippen LogP contribution in [0, 0.1) is 0 Å². The molecule has 1 heterocycles. The van der Waals surface area contributed by atoms with Crippen LogP contribution in [0.3, 0.4) is 0 Å². The molecule has 0 bridgehead atoms. The van der Waals surface area contributed by atoms with E-state index in [4.69, 9.17) is 5.21 Å². The highest BCUT2D eigenvalue weighted by molar-refractivity contribution is 7.93. The molecule has 0 aliphatic rings. The zero-order valence-electron chi connectivity index (χ0n) is 8.65. The maximum Gasteiger partial charge on any atom is 0.216 e. The van der Waals surface area contributed by atoms with Gasteiger partial charge in [0.15, 0.2) is 0 Å². The van der Waals surface area contributed by atoms with E-state index >= 15 is 0 Å². The lowest BCUT2D eigenvalue weighted by Crippen LogP contribution is -2.02. The average molecular weight is 267 g/mol. The van der Waals surface area contributed by atoms with E-state index in [1.165, 1.54) is 12.1 Å². The molecule has 6 heteroatoms. The summed E-state index contributed by atoms with van der Waals surface area (Å²) in [7, 11) is -3.53. The van der Waals surface area contributed by atoms with Gasteiger partial charge in [-0.1, -0.05) is 23.4 Å². The lowest BCUT2D eigenvalue weighted by Gasteiger charge is -2.02. The second-order valence-corrected chi connectivity index (χ2v) is 6.29. The van der Waals surface area contributed by atoms with Crippen molar-refractivity contribution in [2.24, 2.45) is 5.16 Å². The monoisotopic (exact) mass is 267 g/mol. The Morgan fingerprint density at radius 2 is 1.88 bits per heavy atom. The van der Waals surface area contributed by atoms with Gasteiger partial charge in [-0.2, -0.15) is 0 Å². The third kappa shape index (κ3) is 2.22. The molecular weight excluding hydrogens is 258 g/mol. The molecular formula is C11H9NO3S2. The first kappa shape index (κ1) is 11.8. The second kappa shape index (κ2) is 4.68. The molecule has 0 unspecified atom stereocenters. The van der Waals surface area contributed by atoms with Gasteiger partial charge in [0.1, 0.15) is 4.21 Å². The molecule has 88 valence electrons. The summed E-state index contributed by atoms with van der Waals surface area (Å²) in [6, 6.07) is 9.76. The predicted octanol–water partition coefficient (Wildman–Crippen LogP) is 2.39. The van der Waals surface area contributed by atoms with E-state index in [0.29, 0.717) is 5.56 Å². The molecule has 1 aromatic heterocycles. The van der Waals surface area contributed by atoms with Gasteiger partial charge in [0, 0.05) is 5.56 Å². The molecule has 1 N–H and O–H groups in total. The Morgan fingerprint density at radius 3 is 2.53 bits per heavy atom. The molecule has 0 saturated carbocycles. The summed E-state index contributed by atoms with van der Waals surface area (Å²) in [6.45, 7) is 0. The molecule has 2 rings (SSSR count). The van der Waals surface area contributed by atoms with Crippen molar-refractivity contribution in [3.8, 4) is 0 Å². The molecule has 0 aliphatic heterocycles. The van der Waals surface area contributed by atoms with E-state index in [2.05, 4.69) is 5.16 Å². The number of thiophene rings is 1. The van der Waals surface area contributed by atoms with Crippen molar-refractivity contribution < 1.29 is 13.6 Å². The smallest absolute Gasteiger partial charge is 0.216 e. The third-order valence-electron chi connectivity index (χ3n) is 2.15. The van der Waals surface area contributed by atoms with Crippen molar-refractivity contribution in [1.82, 2.24) is 0 Å². The van der Waals surface area contributed by atoms with E-state index in [0.717, 1.165) is 17.6 Å². The van der Waals surface area contributed by atoms with E-state index in [-0.39, 0.29) is 9.10 Å². The highest BCUT2D eigenvalue weighted by Crippen LogP contribution is 2.27. The molecule has 0 aliphatic carbocycles. The zero-order chi connectivity index (χ0) is 12.3. The van der Waals surface area contributed by atoms with Crippen molar-refractivity contribution in [3.63, 3.8) is 0 Å². The molecule has 0 saturated heterocycles. The van der Waals surface area contributed by atoms with Crippen LogP contribution in [0.1, 0.15) is 5.56 Å². The summed E-state index contributed by atoms with van der Waals surface area (Å²) >= 11 is 1.10. The Balaban J connectivity index is 2.57. The Labute approximate surface area is 103 Å². The topological polar surface area (TPSA) is 66.7 Å². The van der Waals surface area contributed by atoms with Crippen LogP contribution in [0.15, 0.2) is 56.0 Å². The average Bonchev–Trinajstić information content (AvgIpc) is 2.80. The van der Waals surface area contributed by atoms with Gasteiger partial charge in [-0.25, -0.2) is 8.42 Å². The van der Waals surface area contributed by atoms with E-state index < -0.39 is 9.84 Å². The summed E-state index contributed by atoms with van der Waals surface area (Å²) in [6.07, 6.45) is 1.12. The molecule has 1 aromatic carbocycles. The van der Waals surface area contributed by atoms with E-state index in [1.54, 1.807) is 29.6 Å². The number of hydrogen-bond donors (Lipinski definition) is 1. The zero-order valence-corrected chi connectivity index (χ0v) is 10.3. The number of sulfone groups is 1. The van der Waals surface area contributed by atoms with E-state index in [1.807, 2.05) is 0 Å². The normalized spacial score (nSPS) is 12.0. The Hall–Kier alpha value is -1.66. The first-order valence-corrected chi connectivity index (χ1v) is 7.07. The van der Waals surface area contributed by atoms with Gasteiger partial charge in [-0.3, -0.25) is 0 Å². The number of hydrogen-bond acceptors (Lipinski definition) is 5. The largest absolute Gasteiger partial charge is 0.411 e. The highest BCUT2D eigenvalue weighted by atomic mass is 32.2. The summed E-state index contributed by atoms with van der Waals surface area (Å²) in [5.74, 6) is 0. The van der Waals surface area contributed by atoms with Gasteiger partial charge >= 0.3 is 0 Å². The van der Waals surface area contributed by atoms with Gasteiger partial charge < -0.3 is 5.21 Å². The molecule has 2 aromatic rings. The standard InChI is InChI=1S/C11H9NO3S2/c13-12-8-9-6-7-16-11(9)17(14,15)10-4-2-1-3-5-10/h1-8,13H/b12-8+. The van der Waals surface area contributed by atoms with Gasteiger partial charge in [0.05, 0.1) is 11.1 Å². The number of rotatable bonds is 3. The predicted molar refractivity (Wildman–Crippen MR) is 65.6 cm³/mol. The van der Waals surface area contributed by atoms with Gasteiger partial charge in [-0.15, -0.1) is 11.3 Å². The maximum atomic E-state index is 12.3. The minimum absolute atomic E-state index is 0.182. The van der Waals surface area contributed by atoms with Crippen molar-refractivity contribution in [3.05, 3.63) is 47.3 Å². The van der Waals surface area contributed by atoms with Gasteiger partial charge in [0.25, 0.3) is 0 Å². The number of benzene rings is 1. The maximum absolute atomic E-state index is 12.3. The van der Waals surface area contributed by atoms with Crippen LogP contribution < -0.4 is 0 Å². The fourth-order valence-corrected chi connectivity index (χ4v) is 4.11. The van der Waals surface area contributed by atoms with Gasteiger partial charge in [-0.05, 0) is 23.6 Å². The van der Waals surface area contributed by atoms with Crippen LogP contribution in [0.25, 0.3) is 0 Å². The number of nitrogens with zero attached hydrogens (tertiary/aromatic N) is 1. The SMILES string of the molecule is O=S(=O)(c1ccccc1)c1sccc1/C=N/O. The Bertz CT molecular complexity index is 630. The lowest BCUT2D eigenvalue weighted by molar-refractivity contribution is 0.322. The summed E-state index contributed by atoms with van der Waals surface area (Å²) < 4.78 is 24.7. The van der Waals surface area contributed by atoms with Crippen LogP contribution in [0.2, 0.25) is 0 Å². The van der Waals surface area contributed by atoms with Crippen molar-refractivity contribution in [2.75, 3.05) is 0 Å². The fourth-order valence-electron chi connectivity index (χ4n) is 1.39. The van der Waals surface area contributed by atoms with Crippen molar-refractivity contribution in [2.45, 2.75) is 9.10 Å². The minimum atomic E-state index is -3.53. The molecule has 0 fully saturated rings. The van der Waals surface area contributed by atoms with Crippen LogP contribution in [0.5, 0.6) is 0 Å². The van der Waals surface area contributed by atoms with Gasteiger partial charge in [0.2, 0.25) is 9.84 Å². The highest BCUT2D eigenvalue weighted by Gasteiger charge is 2.21. The molecule has 17 heavy (non-hydrogen) atoms. The summed E-state index contributed by atoms with van der Waals surface area (Å²) in [5.41, 5.74) is 0.390. The second-order valence-electron chi connectivity index (χ2n) is 3.22. The third-order valence-corrected chi connectivity index (χ3v) is 5.44. The minimum Gasteiger partial charge on any atom is -0.411 e. The van der Waals surface area contributed by atoms with Crippen molar-refractivity contribution >= 4 is 27.4 Å². The molecule has 4 nitrogen and oxygen atoms in total. The molecule has 0 spiro atoms. The van der Waals surface area contributed by atoms with Crippen molar-refractivity contribution in [1.29, 1.82) is 0 Å². The molecule has 0 radical (unpaired) electrons. The molecule has 0 amide bonds. The first-order chi connectivity index (χ1) is 8.16. The van der Waals surface area contributed by atoms with E-state index in [9.17, 15) is 8.42 Å². The number of oxime groups is 1. The fraction of sp³-hybridized carbons (Fsp3) is 0. The Kier molecular flexibility index (Phi) is 3.26. The van der Waals surface area contributed by atoms with Crippen LogP contribution in [-0.4, -0.2) is 19.8 Å². The summed E-state index contributed by atoms with van der Waals surface area (Å²) in [4.78, 5) is 0.232. The Morgan fingerprint density at radius 1 is 1.18 bits per heavy atom. The summed E-state index contributed by atoms with van der Waals surface area (Å²) in [5, 5.41) is 13.0. The van der Waals surface area contributed by atoms with Crippen LogP contribution >= 0.6 is 11.3 Å². The quantitative estimate of drug-likeness (QED) is 0.527. The first-order valence-electron chi connectivity index (χ1n) is 4.71. The lowest BCUT2D eigenvalue weighted by atomic mass is 10.4.